The Morgan fingerprint density at radius 1 is 0.917 bits per heavy atom. The van der Waals surface area contributed by atoms with Gasteiger partial charge in [-0.1, -0.05) is 6.92 Å². The Morgan fingerprint density at radius 3 is 1.42 bits per heavy atom. The van der Waals surface area contributed by atoms with Crippen molar-refractivity contribution in [2.75, 3.05) is 19.8 Å². The van der Waals surface area contributed by atoms with E-state index < -0.39 is 0 Å². The molecule has 0 rings (SSSR count). The van der Waals surface area contributed by atoms with Crippen molar-refractivity contribution < 1.29 is 14.5 Å². The van der Waals surface area contributed by atoms with E-state index in [0.717, 1.165) is 6.42 Å². The average molecular weight is 179 g/mol. The quantitative estimate of drug-likeness (QED) is 0.435. The van der Waals surface area contributed by atoms with E-state index in [0.29, 0.717) is 19.8 Å². The van der Waals surface area contributed by atoms with Gasteiger partial charge in [0.1, 0.15) is 0 Å². The van der Waals surface area contributed by atoms with Crippen LogP contribution in [0.1, 0.15) is 13.3 Å². The fourth-order valence-electron chi connectivity index (χ4n) is 0.962. The zero-order valence-corrected chi connectivity index (χ0v) is 7.29. The van der Waals surface area contributed by atoms with E-state index in [2.05, 4.69) is 14.5 Å². The number of hydrogen-bond acceptors (Lipinski definition) is 6. The molecule has 74 valence electrons. The topological polar surface area (TPSA) is 106 Å². The van der Waals surface area contributed by atoms with E-state index in [4.69, 9.17) is 17.7 Å². The third kappa shape index (κ3) is 3.44. The van der Waals surface area contributed by atoms with Gasteiger partial charge in [0.25, 0.3) is 0 Å². The molecule has 0 aliphatic rings. The number of nitrogens with two attached hydrogens (primary N) is 3. The van der Waals surface area contributed by atoms with Crippen LogP contribution in [0.2, 0.25) is 0 Å². The number of rotatable bonds is 7. The lowest BCUT2D eigenvalue weighted by atomic mass is 9.88. The van der Waals surface area contributed by atoms with Gasteiger partial charge < -0.3 is 14.5 Å². The molecule has 6 N–H and O–H groups in total. The predicted molar refractivity (Wildman–Crippen MR) is 43.1 cm³/mol. The van der Waals surface area contributed by atoms with Gasteiger partial charge in [-0.3, -0.25) is 0 Å². The molecule has 0 heterocycles. The first kappa shape index (κ1) is 11.8. The van der Waals surface area contributed by atoms with E-state index in [1.165, 1.54) is 0 Å². The van der Waals surface area contributed by atoms with Crippen molar-refractivity contribution in [3.8, 4) is 0 Å². The minimum absolute atomic E-state index is 0.303. The van der Waals surface area contributed by atoms with Crippen LogP contribution in [0.15, 0.2) is 0 Å². The summed E-state index contributed by atoms with van der Waals surface area (Å²) in [6.07, 6.45) is 0.763. The third-order valence-electron chi connectivity index (χ3n) is 1.92. The minimum atomic E-state index is -0.349. The third-order valence-corrected chi connectivity index (χ3v) is 1.92. The van der Waals surface area contributed by atoms with Crippen molar-refractivity contribution in [2.45, 2.75) is 13.3 Å². The van der Waals surface area contributed by atoms with Gasteiger partial charge in [-0.2, -0.15) is 0 Å². The SMILES string of the molecule is CCC(CON)(CON)CON. The summed E-state index contributed by atoms with van der Waals surface area (Å²) in [6, 6.07) is 0. The van der Waals surface area contributed by atoms with Gasteiger partial charge in [-0.15, -0.1) is 0 Å². The molecule has 0 bridgehead atoms. The molecule has 12 heavy (non-hydrogen) atoms. The first-order chi connectivity index (χ1) is 5.74. The van der Waals surface area contributed by atoms with Crippen LogP contribution < -0.4 is 17.7 Å². The molecule has 0 aromatic carbocycles. The largest absolute Gasteiger partial charge is 0.304 e. The molecule has 0 amide bonds. The van der Waals surface area contributed by atoms with Crippen LogP contribution >= 0.6 is 0 Å². The Morgan fingerprint density at radius 2 is 1.25 bits per heavy atom. The molecule has 0 aromatic heterocycles. The standard InChI is InChI=1S/C6H17N3O3/c1-2-6(3-10-7,4-11-8)5-12-9/h2-5,7-9H2,1H3. The minimum Gasteiger partial charge on any atom is -0.304 e. The Bertz CT molecular complexity index is 95.2. The fourth-order valence-corrected chi connectivity index (χ4v) is 0.962. The summed E-state index contributed by atoms with van der Waals surface area (Å²) in [4.78, 5) is 13.6. The maximum Gasteiger partial charge on any atom is 0.0781 e. The molecule has 0 aliphatic carbocycles. The van der Waals surface area contributed by atoms with E-state index in [1.54, 1.807) is 0 Å². The van der Waals surface area contributed by atoms with Crippen LogP contribution in [0.25, 0.3) is 0 Å². The highest BCUT2D eigenvalue weighted by molar-refractivity contribution is 4.76. The molecular formula is C6H17N3O3. The summed E-state index contributed by atoms with van der Waals surface area (Å²) in [5.41, 5.74) is -0.349. The fraction of sp³-hybridized carbons (Fsp3) is 1.00. The van der Waals surface area contributed by atoms with Gasteiger partial charge in [-0.05, 0) is 6.42 Å². The van der Waals surface area contributed by atoms with Gasteiger partial charge in [0.05, 0.1) is 19.8 Å². The number of hydrogen-bond donors (Lipinski definition) is 3. The van der Waals surface area contributed by atoms with E-state index in [9.17, 15) is 0 Å². The Kier molecular flexibility index (Phi) is 6.17. The molecule has 0 fully saturated rings. The predicted octanol–water partition coefficient (Wildman–Crippen LogP) is -0.946. The molecule has 0 saturated heterocycles. The van der Waals surface area contributed by atoms with E-state index in [1.807, 2.05) is 6.92 Å². The summed E-state index contributed by atoms with van der Waals surface area (Å²) in [7, 11) is 0. The molecule has 0 unspecified atom stereocenters. The highest BCUT2D eigenvalue weighted by Gasteiger charge is 2.29. The van der Waals surface area contributed by atoms with Gasteiger partial charge in [0.15, 0.2) is 0 Å². The second-order valence-corrected chi connectivity index (χ2v) is 2.79. The zero-order chi connectivity index (χ0) is 9.45. The Hall–Kier alpha value is -0.240. The summed E-state index contributed by atoms with van der Waals surface area (Å²) in [5.74, 6) is 14.9. The van der Waals surface area contributed by atoms with Crippen molar-refractivity contribution in [3.63, 3.8) is 0 Å². The molecule has 6 heteroatoms. The lowest BCUT2D eigenvalue weighted by Crippen LogP contribution is -2.39. The van der Waals surface area contributed by atoms with Gasteiger partial charge >= 0.3 is 0 Å². The van der Waals surface area contributed by atoms with Crippen molar-refractivity contribution in [1.82, 2.24) is 0 Å². The molecule has 0 aromatic rings. The zero-order valence-electron chi connectivity index (χ0n) is 7.29. The maximum absolute atomic E-state index is 4.96. The molecule has 0 atom stereocenters. The summed E-state index contributed by atoms with van der Waals surface area (Å²) in [6.45, 7) is 2.87. The van der Waals surface area contributed by atoms with Gasteiger partial charge in [0, 0.05) is 5.41 Å². The van der Waals surface area contributed by atoms with Crippen LogP contribution in [0.3, 0.4) is 0 Å². The van der Waals surface area contributed by atoms with E-state index >= 15 is 0 Å². The second kappa shape index (κ2) is 6.30. The van der Waals surface area contributed by atoms with Crippen LogP contribution in [0.4, 0.5) is 0 Å². The lowest BCUT2D eigenvalue weighted by Gasteiger charge is -2.28. The van der Waals surface area contributed by atoms with Crippen LogP contribution in [0, 0.1) is 5.41 Å². The molecule has 0 saturated carbocycles. The molecule has 0 spiro atoms. The van der Waals surface area contributed by atoms with E-state index in [-0.39, 0.29) is 5.41 Å². The second-order valence-electron chi connectivity index (χ2n) is 2.79. The van der Waals surface area contributed by atoms with Gasteiger partial charge in [0.2, 0.25) is 0 Å². The Balaban J connectivity index is 4.06. The van der Waals surface area contributed by atoms with Gasteiger partial charge in [-0.25, -0.2) is 17.7 Å². The first-order valence-corrected chi connectivity index (χ1v) is 3.69. The van der Waals surface area contributed by atoms with Crippen LogP contribution in [-0.4, -0.2) is 19.8 Å². The lowest BCUT2D eigenvalue weighted by molar-refractivity contribution is -0.0741. The van der Waals surface area contributed by atoms with Crippen LogP contribution in [0.5, 0.6) is 0 Å². The van der Waals surface area contributed by atoms with Crippen LogP contribution in [-0.2, 0) is 14.5 Å². The highest BCUT2D eigenvalue weighted by atomic mass is 16.6. The smallest absolute Gasteiger partial charge is 0.0781 e. The Labute approximate surface area is 71.8 Å². The van der Waals surface area contributed by atoms with Crippen molar-refractivity contribution in [2.24, 2.45) is 23.1 Å². The first-order valence-electron chi connectivity index (χ1n) is 3.69. The monoisotopic (exact) mass is 179 g/mol. The average Bonchev–Trinajstić information content (AvgIpc) is 2.06. The molecule has 0 radical (unpaired) electrons. The van der Waals surface area contributed by atoms with Crippen molar-refractivity contribution in [3.05, 3.63) is 0 Å². The molecule has 6 nitrogen and oxygen atoms in total. The maximum atomic E-state index is 4.96. The summed E-state index contributed by atoms with van der Waals surface area (Å²) in [5, 5.41) is 0. The highest BCUT2D eigenvalue weighted by Crippen LogP contribution is 2.21. The summed E-state index contributed by atoms with van der Waals surface area (Å²) < 4.78 is 0. The van der Waals surface area contributed by atoms with Crippen molar-refractivity contribution in [1.29, 1.82) is 0 Å². The summed E-state index contributed by atoms with van der Waals surface area (Å²) >= 11 is 0. The van der Waals surface area contributed by atoms with Crippen molar-refractivity contribution >= 4 is 0 Å². The normalized spacial score (nSPS) is 12.0. The molecular weight excluding hydrogens is 162 g/mol. The molecule has 0 aliphatic heterocycles.